The van der Waals surface area contributed by atoms with Crippen molar-refractivity contribution in [1.82, 2.24) is 10.2 Å². The van der Waals surface area contributed by atoms with Crippen LogP contribution in [0.2, 0.25) is 0 Å². The molecule has 1 fully saturated rings. The van der Waals surface area contributed by atoms with E-state index in [0.717, 1.165) is 26.2 Å². The number of nitrogens with zero attached hydrogens (tertiary/aromatic N) is 1. The van der Waals surface area contributed by atoms with Crippen molar-refractivity contribution in [2.45, 2.75) is 57.2 Å². The number of piperazine rings is 1. The van der Waals surface area contributed by atoms with Crippen LogP contribution in [0, 0.1) is 5.41 Å². The zero-order valence-electron chi connectivity index (χ0n) is 15.1. The predicted molar refractivity (Wildman–Crippen MR) is 98.7 cm³/mol. The van der Waals surface area contributed by atoms with Gasteiger partial charge in [-0.25, -0.2) is 0 Å². The second-order valence-electron chi connectivity index (χ2n) is 8.31. The Bertz CT molecular complexity index is 479. The first kappa shape index (κ1) is 17.8. The molecule has 1 heterocycles. The summed E-state index contributed by atoms with van der Waals surface area (Å²) in [6.45, 7) is 18.5. The molecule has 0 aromatic heterocycles. The number of benzene rings is 1. The molecular weight excluding hydrogens is 288 g/mol. The topological polar surface area (TPSA) is 15.3 Å². The summed E-state index contributed by atoms with van der Waals surface area (Å²) < 4.78 is 0.238. The second-order valence-corrected chi connectivity index (χ2v) is 10.2. The lowest BCUT2D eigenvalue weighted by molar-refractivity contribution is 0.0843. The molecule has 2 rings (SSSR count). The quantitative estimate of drug-likeness (QED) is 0.821. The van der Waals surface area contributed by atoms with E-state index in [2.05, 4.69) is 76.0 Å². The maximum Gasteiger partial charge on any atom is 0.0408 e. The minimum atomic E-state index is 0.228. The molecular formula is C19H32N2S. The second kappa shape index (κ2) is 6.94. The molecule has 1 atom stereocenters. The lowest BCUT2D eigenvalue weighted by Gasteiger charge is -2.43. The third kappa shape index (κ3) is 4.74. The number of thioether (sulfide) groups is 1. The Labute approximate surface area is 141 Å². The normalized spacial score (nSPS) is 19.2. The number of hydrogen-bond donors (Lipinski definition) is 1. The Hall–Kier alpha value is -0.510. The van der Waals surface area contributed by atoms with E-state index in [1.165, 1.54) is 10.5 Å². The fraction of sp³-hybridized carbons (Fsp3) is 0.684. The van der Waals surface area contributed by atoms with Crippen molar-refractivity contribution in [1.29, 1.82) is 0 Å². The van der Waals surface area contributed by atoms with Gasteiger partial charge in [0.15, 0.2) is 0 Å². The average molecular weight is 321 g/mol. The molecule has 1 aromatic rings. The summed E-state index contributed by atoms with van der Waals surface area (Å²) in [7, 11) is 0. The van der Waals surface area contributed by atoms with Gasteiger partial charge in [-0.3, -0.25) is 4.90 Å². The van der Waals surface area contributed by atoms with Gasteiger partial charge in [-0.2, -0.15) is 0 Å². The zero-order chi connectivity index (χ0) is 16.4. The molecule has 1 aliphatic rings. The lowest BCUT2D eigenvalue weighted by Crippen LogP contribution is -2.48. The average Bonchev–Trinajstić information content (AvgIpc) is 2.39. The van der Waals surface area contributed by atoms with E-state index in [4.69, 9.17) is 0 Å². The molecule has 22 heavy (non-hydrogen) atoms. The van der Waals surface area contributed by atoms with Gasteiger partial charge < -0.3 is 5.32 Å². The van der Waals surface area contributed by atoms with Crippen LogP contribution in [0.3, 0.4) is 0 Å². The van der Waals surface area contributed by atoms with Gasteiger partial charge in [-0.15, -0.1) is 11.8 Å². The van der Waals surface area contributed by atoms with Crippen LogP contribution in [0.25, 0.3) is 0 Å². The van der Waals surface area contributed by atoms with E-state index in [-0.39, 0.29) is 10.2 Å². The molecule has 0 saturated carbocycles. The van der Waals surface area contributed by atoms with Crippen molar-refractivity contribution in [3.05, 3.63) is 29.8 Å². The van der Waals surface area contributed by atoms with Crippen LogP contribution < -0.4 is 5.32 Å². The van der Waals surface area contributed by atoms with Gasteiger partial charge in [0.25, 0.3) is 0 Å². The van der Waals surface area contributed by atoms with Crippen LogP contribution in [0.4, 0.5) is 0 Å². The molecule has 0 aliphatic carbocycles. The third-order valence-electron chi connectivity index (χ3n) is 3.97. The monoisotopic (exact) mass is 320 g/mol. The maximum absolute atomic E-state index is 3.48. The summed E-state index contributed by atoms with van der Waals surface area (Å²) in [5.74, 6) is 0. The van der Waals surface area contributed by atoms with E-state index in [0.29, 0.717) is 6.04 Å². The van der Waals surface area contributed by atoms with Crippen molar-refractivity contribution in [2.24, 2.45) is 5.41 Å². The van der Waals surface area contributed by atoms with Crippen molar-refractivity contribution < 1.29 is 0 Å². The molecule has 0 amide bonds. The third-order valence-corrected chi connectivity index (χ3v) is 5.17. The minimum Gasteiger partial charge on any atom is -0.314 e. The molecule has 0 spiro atoms. The van der Waals surface area contributed by atoms with E-state index < -0.39 is 0 Å². The van der Waals surface area contributed by atoms with Crippen molar-refractivity contribution in [2.75, 3.05) is 26.2 Å². The molecule has 1 N–H and O–H groups in total. The SMILES string of the molecule is CC(C)(C)Sc1ccccc1[C@@H](N1CCNCC1)C(C)(C)C. The van der Waals surface area contributed by atoms with Crippen LogP contribution in [-0.2, 0) is 0 Å². The molecule has 0 bridgehead atoms. The van der Waals surface area contributed by atoms with Gasteiger partial charge in [0.1, 0.15) is 0 Å². The smallest absolute Gasteiger partial charge is 0.0408 e. The summed E-state index contributed by atoms with van der Waals surface area (Å²) in [5.41, 5.74) is 1.73. The Morgan fingerprint density at radius 1 is 1.00 bits per heavy atom. The molecule has 1 aliphatic heterocycles. The summed E-state index contributed by atoms with van der Waals surface area (Å²) in [6, 6.07) is 9.48. The highest BCUT2D eigenvalue weighted by Gasteiger charge is 2.34. The van der Waals surface area contributed by atoms with Gasteiger partial charge in [0.2, 0.25) is 0 Å². The molecule has 1 aromatic carbocycles. The van der Waals surface area contributed by atoms with Crippen LogP contribution in [0.15, 0.2) is 29.2 Å². The Morgan fingerprint density at radius 3 is 2.14 bits per heavy atom. The first-order valence-electron chi connectivity index (χ1n) is 8.41. The number of rotatable bonds is 3. The van der Waals surface area contributed by atoms with Crippen molar-refractivity contribution in [3.63, 3.8) is 0 Å². The van der Waals surface area contributed by atoms with Gasteiger partial charge in [0, 0.05) is 41.9 Å². The van der Waals surface area contributed by atoms with Crippen LogP contribution >= 0.6 is 11.8 Å². The van der Waals surface area contributed by atoms with E-state index in [1.54, 1.807) is 0 Å². The fourth-order valence-corrected chi connectivity index (χ4v) is 4.38. The Kier molecular flexibility index (Phi) is 5.63. The van der Waals surface area contributed by atoms with Crippen LogP contribution in [0.1, 0.15) is 53.1 Å². The van der Waals surface area contributed by atoms with Crippen molar-refractivity contribution in [3.8, 4) is 0 Å². The Balaban J connectivity index is 2.39. The predicted octanol–water partition coefficient (Wildman–Crippen LogP) is 4.57. The number of hydrogen-bond acceptors (Lipinski definition) is 3. The summed E-state index contributed by atoms with van der Waals surface area (Å²) >= 11 is 1.99. The summed E-state index contributed by atoms with van der Waals surface area (Å²) in [6.07, 6.45) is 0. The molecule has 1 saturated heterocycles. The van der Waals surface area contributed by atoms with Crippen LogP contribution in [-0.4, -0.2) is 35.8 Å². The molecule has 0 unspecified atom stereocenters. The maximum atomic E-state index is 3.48. The number of nitrogens with one attached hydrogen (secondary N) is 1. The first-order chi connectivity index (χ1) is 10.2. The van der Waals surface area contributed by atoms with Gasteiger partial charge in [-0.05, 0) is 17.0 Å². The van der Waals surface area contributed by atoms with E-state index in [9.17, 15) is 0 Å². The van der Waals surface area contributed by atoms with Gasteiger partial charge >= 0.3 is 0 Å². The molecule has 124 valence electrons. The molecule has 3 heteroatoms. The highest BCUT2D eigenvalue weighted by Crippen LogP contribution is 2.44. The highest BCUT2D eigenvalue weighted by molar-refractivity contribution is 8.00. The summed E-state index contributed by atoms with van der Waals surface area (Å²) in [5, 5.41) is 3.48. The largest absolute Gasteiger partial charge is 0.314 e. The van der Waals surface area contributed by atoms with Crippen LogP contribution in [0.5, 0.6) is 0 Å². The minimum absolute atomic E-state index is 0.228. The van der Waals surface area contributed by atoms with Gasteiger partial charge in [-0.1, -0.05) is 59.7 Å². The standard InChI is InChI=1S/C19H32N2S/c1-18(2,3)17(21-13-11-20-12-14-21)15-9-7-8-10-16(15)22-19(4,5)6/h7-10,17,20H,11-14H2,1-6H3/t17-/m1/s1. The van der Waals surface area contributed by atoms with E-state index >= 15 is 0 Å². The fourth-order valence-electron chi connectivity index (χ4n) is 3.28. The first-order valence-corrected chi connectivity index (χ1v) is 9.23. The highest BCUT2D eigenvalue weighted by atomic mass is 32.2. The Morgan fingerprint density at radius 2 is 1.59 bits per heavy atom. The zero-order valence-corrected chi connectivity index (χ0v) is 15.9. The van der Waals surface area contributed by atoms with Crippen molar-refractivity contribution >= 4 is 11.8 Å². The lowest BCUT2D eigenvalue weighted by atomic mass is 9.81. The summed E-state index contributed by atoms with van der Waals surface area (Å²) in [4.78, 5) is 4.10. The van der Waals surface area contributed by atoms with Gasteiger partial charge in [0.05, 0.1) is 0 Å². The molecule has 0 radical (unpaired) electrons. The van der Waals surface area contributed by atoms with E-state index in [1.807, 2.05) is 11.8 Å². The molecule has 2 nitrogen and oxygen atoms in total.